The lowest BCUT2D eigenvalue weighted by Crippen LogP contribution is -2.29. The quantitative estimate of drug-likeness (QED) is 0.894. The van der Waals surface area contributed by atoms with Crippen molar-refractivity contribution < 1.29 is 14.7 Å². The Morgan fingerprint density at radius 2 is 2.13 bits per heavy atom. The Labute approximate surface area is 99.4 Å². The summed E-state index contributed by atoms with van der Waals surface area (Å²) in [5, 5.41) is 11.0. The number of amides is 1. The first-order chi connectivity index (χ1) is 7.00. The van der Waals surface area contributed by atoms with Crippen LogP contribution in [-0.2, 0) is 4.79 Å². The van der Waals surface area contributed by atoms with Crippen LogP contribution in [0.5, 0.6) is 0 Å². The molecule has 1 aromatic carbocycles. The molecule has 4 nitrogen and oxygen atoms in total. The molecule has 0 saturated heterocycles. The molecule has 0 unspecified atom stereocenters. The van der Waals surface area contributed by atoms with E-state index >= 15 is 0 Å². The highest BCUT2D eigenvalue weighted by Gasteiger charge is 2.08. The average molecular weight is 293 g/mol. The van der Waals surface area contributed by atoms with Crippen molar-refractivity contribution >= 4 is 39.4 Å². The summed E-state index contributed by atoms with van der Waals surface area (Å²) in [6.45, 7) is -0.410. The number of hydrogen-bond donors (Lipinski definition) is 2. The van der Waals surface area contributed by atoms with Gasteiger partial charge < -0.3 is 10.4 Å². The van der Waals surface area contributed by atoms with Gasteiger partial charge in [-0.15, -0.1) is 0 Å². The summed E-state index contributed by atoms with van der Waals surface area (Å²) in [7, 11) is 0. The normalized spacial score (nSPS) is 9.73. The van der Waals surface area contributed by atoms with Crippen molar-refractivity contribution in [3.05, 3.63) is 33.3 Å². The van der Waals surface area contributed by atoms with Gasteiger partial charge in [0.15, 0.2) is 0 Å². The number of halogens is 2. The molecule has 0 aliphatic rings. The third-order valence-corrected chi connectivity index (χ3v) is 2.81. The maximum absolute atomic E-state index is 11.4. The van der Waals surface area contributed by atoms with Crippen LogP contribution in [0.25, 0.3) is 0 Å². The first-order valence-electron chi connectivity index (χ1n) is 3.95. The van der Waals surface area contributed by atoms with Crippen molar-refractivity contribution in [2.75, 3.05) is 6.54 Å². The van der Waals surface area contributed by atoms with Gasteiger partial charge in [0.25, 0.3) is 5.91 Å². The van der Waals surface area contributed by atoms with Gasteiger partial charge in [0.2, 0.25) is 0 Å². The van der Waals surface area contributed by atoms with Crippen LogP contribution in [0.1, 0.15) is 10.4 Å². The van der Waals surface area contributed by atoms with Crippen LogP contribution in [-0.4, -0.2) is 23.5 Å². The number of nitrogens with one attached hydrogen (secondary N) is 1. The van der Waals surface area contributed by atoms with Crippen molar-refractivity contribution in [2.24, 2.45) is 0 Å². The van der Waals surface area contributed by atoms with Gasteiger partial charge in [-0.05, 0) is 34.1 Å². The Morgan fingerprint density at radius 1 is 1.47 bits per heavy atom. The number of carbonyl (C=O) groups excluding carboxylic acids is 1. The molecule has 0 fully saturated rings. The lowest BCUT2D eigenvalue weighted by molar-refractivity contribution is -0.135. The van der Waals surface area contributed by atoms with Crippen LogP contribution < -0.4 is 5.32 Å². The summed E-state index contributed by atoms with van der Waals surface area (Å²) < 4.78 is 0.680. The summed E-state index contributed by atoms with van der Waals surface area (Å²) in [4.78, 5) is 21.6. The Hall–Kier alpha value is -1.07. The highest BCUT2D eigenvalue weighted by Crippen LogP contribution is 2.22. The van der Waals surface area contributed by atoms with E-state index in [9.17, 15) is 9.59 Å². The van der Waals surface area contributed by atoms with E-state index in [-0.39, 0.29) is 0 Å². The molecule has 80 valence electrons. The summed E-state index contributed by atoms with van der Waals surface area (Å²) >= 11 is 8.96. The predicted molar refractivity (Wildman–Crippen MR) is 59.1 cm³/mol. The van der Waals surface area contributed by atoms with E-state index in [0.29, 0.717) is 15.1 Å². The summed E-state index contributed by atoms with van der Waals surface area (Å²) in [6, 6.07) is 4.63. The van der Waals surface area contributed by atoms with Crippen LogP contribution in [0.2, 0.25) is 5.02 Å². The molecule has 0 aromatic heterocycles. The number of carboxylic acids is 1. The fourth-order valence-corrected chi connectivity index (χ4v) is 1.32. The lowest BCUT2D eigenvalue weighted by Gasteiger charge is -2.03. The van der Waals surface area contributed by atoms with Crippen molar-refractivity contribution in [2.45, 2.75) is 0 Å². The SMILES string of the molecule is O=C(O)CNC(=O)c1ccc(Br)c(Cl)c1. The van der Waals surface area contributed by atoms with Gasteiger partial charge in [-0.25, -0.2) is 0 Å². The zero-order chi connectivity index (χ0) is 11.4. The molecule has 0 atom stereocenters. The Morgan fingerprint density at radius 3 is 2.67 bits per heavy atom. The van der Waals surface area contributed by atoms with Crippen LogP contribution in [0.15, 0.2) is 22.7 Å². The van der Waals surface area contributed by atoms with Crippen LogP contribution >= 0.6 is 27.5 Å². The lowest BCUT2D eigenvalue weighted by atomic mass is 10.2. The summed E-state index contributed by atoms with van der Waals surface area (Å²) in [6.07, 6.45) is 0. The first-order valence-corrected chi connectivity index (χ1v) is 5.13. The average Bonchev–Trinajstić information content (AvgIpc) is 2.18. The number of aliphatic carboxylic acids is 1. The minimum atomic E-state index is -1.09. The first kappa shape index (κ1) is 12.0. The number of benzene rings is 1. The molecule has 0 heterocycles. The zero-order valence-electron chi connectivity index (χ0n) is 7.46. The Kier molecular flexibility index (Phi) is 4.11. The van der Waals surface area contributed by atoms with E-state index in [1.807, 2.05) is 0 Å². The van der Waals surface area contributed by atoms with E-state index in [1.165, 1.54) is 6.07 Å². The van der Waals surface area contributed by atoms with E-state index in [4.69, 9.17) is 16.7 Å². The summed E-state index contributed by atoms with van der Waals surface area (Å²) in [5.41, 5.74) is 0.324. The third kappa shape index (κ3) is 3.53. The molecule has 2 N–H and O–H groups in total. The van der Waals surface area contributed by atoms with Crippen molar-refractivity contribution in [1.82, 2.24) is 5.32 Å². The molecule has 0 spiro atoms. The Bertz CT molecular complexity index is 408. The second-order valence-corrected chi connectivity index (χ2v) is 3.97. The van der Waals surface area contributed by atoms with Gasteiger partial charge in [0, 0.05) is 10.0 Å². The van der Waals surface area contributed by atoms with E-state index < -0.39 is 18.4 Å². The molecular formula is C9H7BrClNO3. The standard InChI is InChI=1S/C9H7BrClNO3/c10-6-2-1-5(3-7(6)11)9(15)12-4-8(13)14/h1-3H,4H2,(H,12,15)(H,13,14). The molecule has 0 aliphatic heterocycles. The number of carbonyl (C=O) groups is 2. The van der Waals surface area contributed by atoms with Crippen LogP contribution in [0.4, 0.5) is 0 Å². The van der Waals surface area contributed by atoms with E-state index in [2.05, 4.69) is 21.2 Å². The molecule has 1 amide bonds. The van der Waals surface area contributed by atoms with Crippen LogP contribution in [0.3, 0.4) is 0 Å². The number of hydrogen-bond acceptors (Lipinski definition) is 2. The van der Waals surface area contributed by atoms with Gasteiger partial charge in [0.05, 0.1) is 5.02 Å². The summed E-state index contributed by atoms with van der Waals surface area (Å²) in [5.74, 6) is -1.56. The topological polar surface area (TPSA) is 66.4 Å². The molecule has 0 saturated carbocycles. The second kappa shape index (κ2) is 5.14. The zero-order valence-corrected chi connectivity index (χ0v) is 9.80. The molecule has 6 heteroatoms. The van der Waals surface area contributed by atoms with Crippen molar-refractivity contribution in [3.63, 3.8) is 0 Å². The van der Waals surface area contributed by atoms with E-state index in [0.717, 1.165) is 0 Å². The van der Waals surface area contributed by atoms with Gasteiger partial charge in [-0.1, -0.05) is 11.6 Å². The van der Waals surface area contributed by atoms with Gasteiger partial charge >= 0.3 is 5.97 Å². The number of carboxylic acid groups (broad SMARTS) is 1. The second-order valence-electron chi connectivity index (χ2n) is 2.71. The molecule has 0 aliphatic carbocycles. The predicted octanol–water partition coefficient (Wildman–Crippen LogP) is 1.92. The molecule has 15 heavy (non-hydrogen) atoms. The maximum atomic E-state index is 11.4. The molecule has 0 radical (unpaired) electrons. The molecule has 1 aromatic rings. The number of rotatable bonds is 3. The van der Waals surface area contributed by atoms with Crippen LogP contribution in [0, 0.1) is 0 Å². The molecule has 1 rings (SSSR count). The maximum Gasteiger partial charge on any atom is 0.322 e. The monoisotopic (exact) mass is 291 g/mol. The van der Waals surface area contributed by atoms with Crippen molar-refractivity contribution in [1.29, 1.82) is 0 Å². The van der Waals surface area contributed by atoms with Gasteiger partial charge in [-0.2, -0.15) is 0 Å². The minimum absolute atomic E-state index is 0.324. The fraction of sp³-hybridized carbons (Fsp3) is 0.111. The van der Waals surface area contributed by atoms with Gasteiger partial charge in [-0.3, -0.25) is 9.59 Å². The van der Waals surface area contributed by atoms with E-state index in [1.54, 1.807) is 12.1 Å². The Balaban J connectivity index is 2.74. The van der Waals surface area contributed by atoms with Crippen molar-refractivity contribution in [3.8, 4) is 0 Å². The fourth-order valence-electron chi connectivity index (χ4n) is 0.895. The third-order valence-electron chi connectivity index (χ3n) is 1.58. The highest BCUT2D eigenvalue weighted by atomic mass is 79.9. The minimum Gasteiger partial charge on any atom is -0.480 e. The largest absolute Gasteiger partial charge is 0.480 e. The molecular weight excluding hydrogens is 285 g/mol. The van der Waals surface area contributed by atoms with Gasteiger partial charge in [0.1, 0.15) is 6.54 Å². The smallest absolute Gasteiger partial charge is 0.322 e. The highest BCUT2D eigenvalue weighted by molar-refractivity contribution is 9.10. The molecule has 0 bridgehead atoms.